The zero-order valence-electron chi connectivity index (χ0n) is 25.3. The molecule has 2 fully saturated rings. The van der Waals surface area contributed by atoms with Crippen LogP contribution in [0.3, 0.4) is 0 Å². The molecule has 10 heteroatoms. The van der Waals surface area contributed by atoms with Gasteiger partial charge in [-0.1, -0.05) is 42.5 Å². The maximum absolute atomic E-state index is 13.8. The topological polar surface area (TPSA) is 131 Å². The molecule has 0 saturated heterocycles. The van der Waals surface area contributed by atoms with Gasteiger partial charge < -0.3 is 24.8 Å². The molecule has 44 heavy (non-hydrogen) atoms. The predicted octanol–water partition coefficient (Wildman–Crippen LogP) is 4.55. The molecule has 3 aromatic rings. The highest BCUT2D eigenvalue weighted by Gasteiger charge is 2.61. The minimum atomic E-state index is -1.33. The van der Waals surface area contributed by atoms with E-state index < -0.39 is 35.4 Å². The largest absolute Gasteiger partial charge is 0.496 e. The molecule has 0 bridgehead atoms. The van der Waals surface area contributed by atoms with Crippen molar-refractivity contribution in [3.05, 3.63) is 60.2 Å². The quantitative estimate of drug-likeness (QED) is 0.409. The number of aliphatic carboxylic acids is 1. The predicted molar refractivity (Wildman–Crippen MR) is 164 cm³/mol. The van der Waals surface area contributed by atoms with Crippen molar-refractivity contribution < 1.29 is 29.0 Å². The van der Waals surface area contributed by atoms with Gasteiger partial charge in [0.1, 0.15) is 17.4 Å². The van der Waals surface area contributed by atoms with Gasteiger partial charge in [-0.15, -0.1) is 0 Å². The number of carbonyl (C=O) groups excluding carboxylic acids is 2. The highest BCUT2D eigenvalue weighted by atomic mass is 16.5. The summed E-state index contributed by atoms with van der Waals surface area (Å²) in [4.78, 5) is 51.1. The van der Waals surface area contributed by atoms with Crippen LogP contribution in [0, 0.1) is 24.7 Å². The van der Waals surface area contributed by atoms with Gasteiger partial charge >= 0.3 is 5.97 Å². The summed E-state index contributed by atoms with van der Waals surface area (Å²) in [5, 5.41) is 13.6. The molecule has 230 valence electrons. The van der Waals surface area contributed by atoms with Crippen LogP contribution in [0.25, 0.3) is 22.3 Å². The van der Waals surface area contributed by atoms with Crippen LogP contribution in [0.4, 0.5) is 0 Å². The summed E-state index contributed by atoms with van der Waals surface area (Å²) in [6, 6.07) is 13.3. The van der Waals surface area contributed by atoms with Crippen molar-refractivity contribution in [1.82, 2.24) is 20.2 Å². The summed E-state index contributed by atoms with van der Waals surface area (Å²) in [7, 11) is 3.38. The second-order valence-corrected chi connectivity index (χ2v) is 12.2. The standard InChI is InChI=1S/C34H38N4O6/c1-20-27(43-3)15-14-24-28(20)35-29(21-11-7-6-8-12-21)36-31(24)44-23-17-25-26(18-23)32(40)38(2)16-10-5-4-9-13-22-19-34(22,33(41)42)37-30(25)39/h6-9,11-15,22-23,25-26H,4-5,10,16-19H2,1-3H3,(H,37,39)(H,41,42)/t22-,23-,25-,26-,34-/m1/s1. The van der Waals surface area contributed by atoms with Crippen molar-refractivity contribution in [3.8, 4) is 23.0 Å². The van der Waals surface area contributed by atoms with E-state index in [-0.39, 0.29) is 18.2 Å². The number of hydrogen-bond acceptors (Lipinski definition) is 7. The number of rotatable bonds is 5. The Bertz CT molecular complexity index is 1620. The number of ether oxygens (including phenoxy) is 2. The van der Waals surface area contributed by atoms with E-state index in [4.69, 9.17) is 19.4 Å². The fourth-order valence-electron chi connectivity index (χ4n) is 6.66. The average molecular weight is 599 g/mol. The van der Waals surface area contributed by atoms with E-state index in [2.05, 4.69) is 5.32 Å². The van der Waals surface area contributed by atoms with E-state index in [9.17, 15) is 19.5 Å². The van der Waals surface area contributed by atoms with Gasteiger partial charge in [0, 0.05) is 30.6 Å². The van der Waals surface area contributed by atoms with Gasteiger partial charge in [0.25, 0.3) is 0 Å². The molecule has 3 aliphatic rings. The number of benzene rings is 2. The van der Waals surface area contributed by atoms with Crippen LogP contribution < -0.4 is 14.8 Å². The van der Waals surface area contributed by atoms with E-state index in [0.29, 0.717) is 47.7 Å². The molecule has 0 unspecified atom stereocenters. The molecule has 1 aliphatic heterocycles. The van der Waals surface area contributed by atoms with E-state index >= 15 is 0 Å². The Kier molecular flexibility index (Phi) is 8.00. The fraction of sp³-hybridized carbons (Fsp3) is 0.441. The SMILES string of the molecule is COc1ccc2c(O[C@@H]3C[C@H]4C(=O)N[C@]5(C(=O)O)C[C@H]5C=CCCCCN(C)C(=O)[C@@H]4C3)nc(-c3ccccc3)nc2c1C. The number of nitrogens with zero attached hydrogens (tertiary/aromatic N) is 3. The number of aromatic nitrogens is 2. The summed E-state index contributed by atoms with van der Waals surface area (Å²) in [6.45, 7) is 2.52. The Hall–Kier alpha value is -4.47. The van der Waals surface area contributed by atoms with Crippen LogP contribution >= 0.6 is 0 Å². The summed E-state index contributed by atoms with van der Waals surface area (Å²) in [6.07, 6.45) is 6.83. The first-order valence-electron chi connectivity index (χ1n) is 15.3. The third-order valence-electron chi connectivity index (χ3n) is 9.34. The molecule has 10 nitrogen and oxygen atoms in total. The number of carbonyl (C=O) groups is 3. The molecule has 0 spiro atoms. The molecule has 5 atom stereocenters. The third kappa shape index (κ3) is 5.49. The number of carboxylic acid groups (broad SMARTS) is 1. The van der Waals surface area contributed by atoms with Crippen LogP contribution in [0.1, 0.15) is 44.1 Å². The van der Waals surface area contributed by atoms with Gasteiger partial charge in [-0.25, -0.2) is 9.78 Å². The van der Waals surface area contributed by atoms with Gasteiger partial charge in [0.05, 0.1) is 29.8 Å². The molecular formula is C34H38N4O6. The van der Waals surface area contributed by atoms with Crippen molar-refractivity contribution >= 4 is 28.7 Å². The molecule has 6 rings (SSSR count). The normalized spacial score (nSPS) is 27.2. The summed E-state index contributed by atoms with van der Waals surface area (Å²) in [5.74, 6) is -1.69. The van der Waals surface area contributed by atoms with Crippen LogP contribution in [0.5, 0.6) is 11.6 Å². The Morgan fingerprint density at radius 2 is 1.84 bits per heavy atom. The first kappa shape index (κ1) is 29.6. The minimum Gasteiger partial charge on any atom is -0.496 e. The second-order valence-electron chi connectivity index (χ2n) is 12.2. The molecule has 2 N–H and O–H groups in total. The highest BCUT2D eigenvalue weighted by molar-refractivity contribution is 5.94. The molecule has 2 saturated carbocycles. The zero-order valence-corrected chi connectivity index (χ0v) is 25.3. The number of fused-ring (bicyclic) bond motifs is 3. The van der Waals surface area contributed by atoms with Gasteiger partial charge in [-0.05, 0) is 57.6 Å². The first-order valence-corrected chi connectivity index (χ1v) is 15.3. The van der Waals surface area contributed by atoms with Crippen molar-refractivity contribution in [2.75, 3.05) is 20.7 Å². The summed E-state index contributed by atoms with van der Waals surface area (Å²) in [5.41, 5.74) is 1.02. The second kappa shape index (κ2) is 11.9. The number of amides is 2. The van der Waals surface area contributed by atoms with E-state index in [0.717, 1.165) is 30.4 Å². The Labute approximate surface area is 256 Å². The summed E-state index contributed by atoms with van der Waals surface area (Å²) < 4.78 is 12.1. The lowest BCUT2D eigenvalue weighted by Gasteiger charge is -2.26. The van der Waals surface area contributed by atoms with Crippen LogP contribution in [-0.2, 0) is 14.4 Å². The van der Waals surface area contributed by atoms with E-state index in [1.54, 1.807) is 19.1 Å². The minimum absolute atomic E-state index is 0.126. The smallest absolute Gasteiger partial charge is 0.330 e. The lowest BCUT2D eigenvalue weighted by atomic mass is 9.93. The number of carboxylic acids is 1. The molecule has 2 aromatic carbocycles. The monoisotopic (exact) mass is 598 g/mol. The van der Waals surface area contributed by atoms with Gasteiger partial charge in [-0.3, -0.25) is 9.59 Å². The lowest BCUT2D eigenvalue weighted by Crippen LogP contribution is -2.49. The molecule has 2 aliphatic carbocycles. The number of hydrogen-bond donors (Lipinski definition) is 2. The van der Waals surface area contributed by atoms with Crippen LogP contribution in [-0.4, -0.2) is 70.1 Å². The van der Waals surface area contributed by atoms with Crippen molar-refractivity contribution in [3.63, 3.8) is 0 Å². The van der Waals surface area contributed by atoms with Crippen molar-refractivity contribution in [2.24, 2.45) is 17.8 Å². The van der Waals surface area contributed by atoms with Crippen molar-refractivity contribution in [2.45, 2.75) is 57.1 Å². The maximum Gasteiger partial charge on any atom is 0.330 e. The number of methoxy groups -OCH3 is 1. The van der Waals surface area contributed by atoms with Crippen LogP contribution in [0.15, 0.2) is 54.6 Å². The number of allylic oxidation sites excluding steroid dienone is 1. The Morgan fingerprint density at radius 1 is 1.07 bits per heavy atom. The molecular weight excluding hydrogens is 560 g/mol. The highest BCUT2D eigenvalue weighted by Crippen LogP contribution is 2.46. The number of nitrogens with one attached hydrogen (secondary N) is 1. The van der Waals surface area contributed by atoms with Gasteiger partial charge in [0.2, 0.25) is 17.7 Å². The van der Waals surface area contributed by atoms with E-state index in [1.165, 1.54) is 0 Å². The Morgan fingerprint density at radius 3 is 2.59 bits per heavy atom. The van der Waals surface area contributed by atoms with Gasteiger partial charge in [0.15, 0.2) is 5.82 Å². The van der Waals surface area contributed by atoms with Gasteiger partial charge in [-0.2, -0.15) is 4.98 Å². The van der Waals surface area contributed by atoms with Crippen LogP contribution in [0.2, 0.25) is 0 Å². The maximum atomic E-state index is 13.8. The summed E-state index contributed by atoms with van der Waals surface area (Å²) >= 11 is 0. The molecule has 2 heterocycles. The first-order chi connectivity index (χ1) is 21.2. The lowest BCUT2D eigenvalue weighted by molar-refractivity contribution is -0.145. The fourth-order valence-corrected chi connectivity index (χ4v) is 6.66. The zero-order chi connectivity index (χ0) is 31.0. The van der Waals surface area contributed by atoms with Crippen molar-refractivity contribution in [1.29, 1.82) is 0 Å². The Balaban J connectivity index is 1.34. The van der Waals surface area contributed by atoms with E-state index in [1.807, 2.05) is 61.5 Å². The molecule has 1 aromatic heterocycles. The average Bonchev–Trinajstić information content (AvgIpc) is 3.56. The third-order valence-corrected chi connectivity index (χ3v) is 9.34. The molecule has 2 amide bonds. The number of aryl methyl sites for hydroxylation is 1. The molecule has 0 radical (unpaired) electrons.